The third kappa shape index (κ3) is 4.83. The number of halogens is 2. The minimum absolute atomic E-state index is 0.0906. The molecular weight excluding hydrogens is 430 g/mol. The Morgan fingerprint density at radius 3 is 2.60 bits per heavy atom. The zero-order chi connectivity index (χ0) is 18.6. The van der Waals surface area contributed by atoms with Crippen LogP contribution in [0, 0.1) is 0 Å². The molecule has 0 aromatic heterocycles. The molecule has 1 aliphatic rings. The summed E-state index contributed by atoms with van der Waals surface area (Å²) in [7, 11) is -3.65. The monoisotopic (exact) mass is 449 g/mol. The quantitative estimate of drug-likeness (QED) is 0.674. The second-order valence-corrected chi connectivity index (χ2v) is 8.95. The number of rotatable bonds is 6. The average Bonchev–Trinajstić information content (AvgIpc) is 2.58. The zero-order valence-electron chi connectivity index (χ0n) is 13.9. The molecule has 1 atom stereocenters. The first-order chi connectivity index (χ1) is 11.8. The van der Waals surface area contributed by atoms with Gasteiger partial charge in [0.05, 0.1) is 11.1 Å². The van der Waals surface area contributed by atoms with E-state index in [0.717, 1.165) is 4.47 Å². The number of carbonyl (C=O) groups is 1. The number of piperazine rings is 1. The second kappa shape index (κ2) is 8.64. The van der Waals surface area contributed by atoms with Gasteiger partial charge in [-0.25, -0.2) is 8.42 Å². The van der Waals surface area contributed by atoms with Gasteiger partial charge in [-0.05, 0) is 25.1 Å². The number of hydrogen-bond donors (Lipinski definition) is 1. The van der Waals surface area contributed by atoms with Crippen molar-refractivity contribution in [3.8, 4) is 0 Å². The highest BCUT2D eigenvalue weighted by molar-refractivity contribution is 9.10. The first-order valence-electron chi connectivity index (χ1n) is 7.85. The molecule has 9 heteroatoms. The molecule has 0 aliphatic carbocycles. The Hall–Kier alpha value is -0.930. The lowest BCUT2D eigenvalue weighted by Gasteiger charge is -2.36. The molecule has 1 saturated heterocycles. The molecule has 0 saturated carbocycles. The van der Waals surface area contributed by atoms with Crippen LogP contribution < -0.4 is 5.32 Å². The van der Waals surface area contributed by atoms with Gasteiger partial charge in [-0.15, -0.1) is 6.58 Å². The van der Waals surface area contributed by atoms with E-state index in [1.807, 2.05) is 11.8 Å². The third-order valence-electron chi connectivity index (χ3n) is 4.13. The van der Waals surface area contributed by atoms with Gasteiger partial charge in [-0.2, -0.15) is 4.31 Å². The maximum Gasteiger partial charge on any atom is 0.244 e. The Morgan fingerprint density at radius 1 is 1.40 bits per heavy atom. The molecular formula is C16H21BrClN3O3S. The molecule has 1 unspecified atom stereocenters. The lowest BCUT2D eigenvalue weighted by atomic mass is 10.2. The summed E-state index contributed by atoms with van der Waals surface area (Å²) < 4.78 is 27.7. The molecule has 138 valence electrons. The van der Waals surface area contributed by atoms with Gasteiger partial charge in [0, 0.05) is 37.2 Å². The van der Waals surface area contributed by atoms with Crippen molar-refractivity contribution in [1.82, 2.24) is 14.5 Å². The van der Waals surface area contributed by atoms with Gasteiger partial charge in [0.1, 0.15) is 4.90 Å². The normalized spacial score (nSPS) is 17.9. The average molecular weight is 451 g/mol. The Bertz CT molecular complexity index is 749. The molecule has 1 amide bonds. The standard InChI is InChI=1S/C16H21BrClN3O3S/c1-3-6-19-16(22)12(2)20-7-9-21(10-8-20)25(23,24)15-5-4-13(17)11-14(15)18/h3-5,11-12H,1,6-10H2,2H3,(H,19,22). The van der Waals surface area contributed by atoms with Gasteiger partial charge < -0.3 is 5.32 Å². The van der Waals surface area contributed by atoms with Gasteiger partial charge in [0.25, 0.3) is 0 Å². The van der Waals surface area contributed by atoms with E-state index in [-0.39, 0.29) is 21.9 Å². The molecule has 2 rings (SSSR count). The smallest absolute Gasteiger partial charge is 0.244 e. The van der Waals surface area contributed by atoms with Gasteiger partial charge in [-0.3, -0.25) is 9.69 Å². The van der Waals surface area contributed by atoms with Crippen LogP contribution in [0.15, 0.2) is 40.2 Å². The molecule has 1 aromatic carbocycles. The van der Waals surface area contributed by atoms with Crippen LogP contribution in [0.25, 0.3) is 0 Å². The van der Waals surface area contributed by atoms with Crippen LogP contribution in [0.5, 0.6) is 0 Å². The van der Waals surface area contributed by atoms with E-state index in [0.29, 0.717) is 32.7 Å². The Labute approximate surface area is 162 Å². The van der Waals surface area contributed by atoms with E-state index in [2.05, 4.69) is 27.8 Å². The van der Waals surface area contributed by atoms with Crippen LogP contribution in [0.3, 0.4) is 0 Å². The number of hydrogen-bond acceptors (Lipinski definition) is 4. The molecule has 1 heterocycles. The summed E-state index contributed by atoms with van der Waals surface area (Å²) in [6, 6.07) is 4.40. The Balaban J connectivity index is 2.03. The summed E-state index contributed by atoms with van der Waals surface area (Å²) in [6.45, 7) is 7.39. The van der Waals surface area contributed by atoms with Crippen molar-refractivity contribution in [3.05, 3.63) is 40.3 Å². The fraction of sp³-hybridized carbons (Fsp3) is 0.438. The van der Waals surface area contributed by atoms with E-state index >= 15 is 0 Å². The summed E-state index contributed by atoms with van der Waals surface area (Å²) >= 11 is 9.37. The van der Waals surface area contributed by atoms with Crippen LogP contribution >= 0.6 is 27.5 Å². The summed E-state index contributed by atoms with van der Waals surface area (Å²) in [5.74, 6) is -0.0906. The van der Waals surface area contributed by atoms with Gasteiger partial charge in [-0.1, -0.05) is 33.6 Å². The number of nitrogens with one attached hydrogen (secondary N) is 1. The largest absolute Gasteiger partial charge is 0.351 e. The number of sulfonamides is 1. The van der Waals surface area contributed by atoms with Crippen molar-refractivity contribution >= 4 is 43.5 Å². The number of benzene rings is 1. The Morgan fingerprint density at radius 2 is 2.04 bits per heavy atom. The van der Waals surface area contributed by atoms with E-state index in [1.54, 1.807) is 18.2 Å². The first-order valence-corrected chi connectivity index (χ1v) is 10.5. The van der Waals surface area contributed by atoms with E-state index in [4.69, 9.17) is 11.6 Å². The SMILES string of the molecule is C=CCNC(=O)C(C)N1CCN(S(=O)(=O)c2ccc(Br)cc2Cl)CC1. The van der Waals surface area contributed by atoms with Crippen LogP contribution in [-0.4, -0.2) is 62.3 Å². The molecule has 1 fully saturated rings. The highest BCUT2D eigenvalue weighted by atomic mass is 79.9. The minimum atomic E-state index is -3.65. The van der Waals surface area contributed by atoms with Crippen molar-refractivity contribution in [3.63, 3.8) is 0 Å². The summed E-state index contributed by atoms with van der Waals surface area (Å²) in [5.41, 5.74) is 0. The molecule has 1 aliphatic heterocycles. The number of carbonyl (C=O) groups excluding carboxylic acids is 1. The minimum Gasteiger partial charge on any atom is -0.351 e. The predicted octanol–water partition coefficient (Wildman–Crippen LogP) is 2.10. The van der Waals surface area contributed by atoms with Crippen molar-refractivity contribution in [1.29, 1.82) is 0 Å². The van der Waals surface area contributed by atoms with E-state index in [9.17, 15) is 13.2 Å². The first kappa shape index (κ1) is 20.4. The third-order valence-corrected chi connectivity index (χ3v) is 7.01. The molecule has 1 aromatic rings. The van der Waals surface area contributed by atoms with Gasteiger partial charge >= 0.3 is 0 Å². The molecule has 0 spiro atoms. The molecule has 6 nitrogen and oxygen atoms in total. The zero-order valence-corrected chi connectivity index (χ0v) is 17.1. The maximum absolute atomic E-state index is 12.8. The second-order valence-electron chi connectivity index (χ2n) is 5.72. The topological polar surface area (TPSA) is 69.7 Å². The van der Waals surface area contributed by atoms with Crippen molar-refractivity contribution in [2.75, 3.05) is 32.7 Å². The highest BCUT2D eigenvalue weighted by Crippen LogP contribution is 2.28. The molecule has 1 N–H and O–H groups in total. The van der Waals surface area contributed by atoms with Crippen molar-refractivity contribution < 1.29 is 13.2 Å². The Kier molecular flexibility index (Phi) is 7.04. The molecule has 25 heavy (non-hydrogen) atoms. The van der Waals surface area contributed by atoms with Gasteiger partial charge in [0.15, 0.2) is 0 Å². The van der Waals surface area contributed by atoms with Crippen LogP contribution in [-0.2, 0) is 14.8 Å². The van der Waals surface area contributed by atoms with Crippen LogP contribution in [0.4, 0.5) is 0 Å². The molecule has 0 radical (unpaired) electrons. The number of nitrogens with zero attached hydrogens (tertiary/aromatic N) is 2. The maximum atomic E-state index is 12.8. The summed E-state index contributed by atoms with van der Waals surface area (Å²) in [5, 5.41) is 2.95. The van der Waals surface area contributed by atoms with E-state index in [1.165, 1.54) is 10.4 Å². The summed E-state index contributed by atoms with van der Waals surface area (Å²) in [6.07, 6.45) is 1.62. The molecule has 0 bridgehead atoms. The summed E-state index contributed by atoms with van der Waals surface area (Å²) in [4.78, 5) is 14.1. The van der Waals surface area contributed by atoms with Crippen LogP contribution in [0.1, 0.15) is 6.92 Å². The fourth-order valence-corrected chi connectivity index (χ4v) is 5.07. The lowest BCUT2D eigenvalue weighted by Crippen LogP contribution is -2.54. The van der Waals surface area contributed by atoms with Crippen molar-refractivity contribution in [2.24, 2.45) is 0 Å². The van der Waals surface area contributed by atoms with E-state index < -0.39 is 10.0 Å². The van der Waals surface area contributed by atoms with Crippen molar-refractivity contribution in [2.45, 2.75) is 17.9 Å². The lowest BCUT2D eigenvalue weighted by molar-refractivity contribution is -0.126. The highest BCUT2D eigenvalue weighted by Gasteiger charge is 2.32. The predicted molar refractivity (Wildman–Crippen MR) is 102 cm³/mol. The fourth-order valence-electron chi connectivity index (χ4n) is 2.64. The van der Waals surface area contributed by atoms with Crippen LogP contribution in [0.2, 0.25) is 5.02 Å². The number of amides is 1. The van der Waals surface area contributed by atoms with Gasteiger partial charge in [0.2, 0.25) is 15.9 Å².